The highest BCUT2D eigenvalue weighted by atomic mass is 35.5. The standard InChI is InChI=1S/C15H20F2N2O2.ClH/c1-10(13-7-11(16)3-4-14(13)17)19(2)15(20)8-12-9-21-6-5-18-12;/h3-4,7,10,12,18H,5-6,8-9H2,1-2H3;1H. The van der Waals surface area contributed by atoms with E-state index in [2.05, 4.69) is 5.32 Å². The number of amides is 1. The van der Waals surface area contributed by atoms with Gasteiger partial charge >= 0.3 is 0 Å². The van der Waals surface area contributed by atoms with Crippen LogP contribution in [0.15, 0.2) is 18.2 Å². The van der Waals surface area contributed by atoms with Crippen LogP contribution in [-0.2, 0) is 9.53 Å². The lowest BCUT2D eigenvalue weighted by Crippen LogP contribution is -2.44. The van der Waals surface area contributed by atoms with Gasteiger partial charge in [0, 0.05) is 31.6 Å². The van der Waals surface area contributed by atoms with Crippen LogP contribution in [0.5, 0.6) is 0 Å². The molecule has 0 spiro atoms. The smallest absolute Gasteiger partial charge is 0.224 e. The van der Waals surface area contributed by atoms with Crippen LogP contribution in [0, 0.1) is 11.6 Å². The summed E-state index contributed by atoms with van der Waals surface area (Å²) in [6, 6.07) is 2.72. The Morgan fingerprint density at radius 3 is 2.86 bits per heavy atom. The Labute approximate surface area is 135 Å². The summed E-state index contributed by atoms with van der Waals surface area (Å²) in [6.45, 7) is 3.53. The first kappa shape index (κ1) is 18.8. The van der Waals surface area contributed by atoms with Crippen LogP contribution in [0.3, 0.4) is 0 Å². The third-order valence-corrected chi connectivity index (χ3v) is 3.80. The summed E-state index contributed by atoms with van der Waals surface area (Å²) in [5, 5.41) is 3.20. The molecule has 1 heterocycles. The molecule has 0 aromatic heterocycles. The van der Waals surface area contributed by atoms with Gasteiger partial charge in [-0.1, -0.05) is 0 Å². The maximum atomic E-state index is 13.8. The largest absolute Gasteiger partial charge is 0.378 e. The summed E-state index contributed by atoms with van der Waals surface area (Å²) >= 11 is 0. The van der Waals surface area contributed by atoms with E-state index in [9.17, 15) is 13.6 Å². The Balaban J connectivity index is 0.00000242. The Bertz CT molecular complexity index is 510. The molecule has 22 heavy (non-hydrogen) atoms. The molecule has 1 saturated heterocycles. The molecule has 2 unspecified atom stereocenters. The van der Waals surface area contributed by atoms with E-state index < -0.39 is 17.7 Å². The minimum absolute atomic E-state index is 0. The highest BCUT2D eigenvalue weighted by Crippen LogP contribution is 2.23. The van der Waals surface area contributed by atoms with Crippen molar-refractivity contribution in [2.75, 3.05) is 26.8 Å². The summed E-state index contributed by atoms with van der Waals surface area (Å²) in [6.07, 6.45) is 0.276. The zero-order valence-corrected chi connectivity index (χ0v) is 13.5. The molecule has 1 aliphatic heterocycles. The van der Waals surface area contributed by atoms with Crippen molar-refractivity contribution in [3.8, 4) is 0 Å². The molecular formula is C15H21ClF2N2O2. The van der Waals surface area contributed by atoms with Crippen molar-refractivity contribution < 1.29 is 18.3 Å². The van der Waals surface area contributed by atoms with Gasteiger partial charge in [-0.3, -0.25) is 4.79 Å². The van der Waals surface area contributed by atoms with Crippen LogP contribution < -0.4 is 5.32 Å². The first-order chi connectivity index (χ1) is 9.99. The lowest BCUT2D eigenvalue weighted by molar-refractivity contribution is -0.133. The van der Waals surface area contributed by atoms with Crippen molar-refractivity contribution in [2.24, 2.45) is 0 Å². The molecule has 0 saturated carbocycles. The summed E-state index contributed by atoms with van der Waals surface area (Å²) < 4.78 is 32.3. The summed E-state index contributed by atoms with van der Waals surface area (Å²) in [4.78, 5) is 13.7. The molecule has 1 fully saturated rings. The number of rotatable bonds is 4. The van der Waals surface area contributed by atoms with Crippen LogP contribution in [-0.4, -0.2) is 43.7 Å². The molecule has 1 aromatic carbocycles. The van der Waals surface area contributed by atoms with Crippen molar-refractivity contribution in [2.45, 2.75) is 25.4 Å². The number of nitrogens with zero attached hydrogens (tertiary/aromatic N) is 1. The molecule has 1 N–H and O–H groups in total. The fourth-order valence-corrected chi connectivity index (χ4v) is 2.36. The van der Waals surface area contributed by atoms with Gasteiger partial charge in [-0.15, -0.1) is 12.4 Å². The summed E-state index contributed by atoms with van der Waals surface area (Å²) in [7, 11) is 1.60. The first-order valence-corrected chi connectivity index (χ1v) is 7.00. The predicted octanol–water partition coefficient (Wildman–Crippen LogP) is 2.28. The van der Waals surface area contributed by atoms with Crippen LogP contribution >= 0.6 is 12.4 Å². The summed E-state index contributed by atoms with van der Waals surface area (Å²) in [5.74, 6) is -1.15. The highest BCUT2D eigenvalue weighted by Gasteiger charge is 2.24. The van der Waals surface area contributed by atoms with Crippen molar-refractivity contribution in [1.29, 1.82) is 0 Å². The fraction of sp³-hybridized carbons (Fsp3) is 0.533. The number of benzene rings is 1. The number of halogens is 3. The van der Waals surface area contributed by atoms with Crippen LogP contribution in [0.1, 0.15) is 24.9 Å². The Morgan fingerprint density at radius 2 is 2.23 bits per heavy atom. The maximum Gasteiger partial charge on any atom is 0.224 e. The Morgan fingerprint density at radius 1 is 1.50 bits per heavy atom. The quantitative estimate of drug-likeness (QED) is 0.918. The monoisotopic (exact) mass is 334 g/mol. The molecule has 0 radical (unpaired) electrons. The maximum absolute atomic E-state index is 13.8. The molecular weight excluding hydrogens is 314 g/mol. The highest BCUT2D eigenvalue weighted by molar-refractivity contribution is 5.85. The second-order valence-electron chi connectivity index (χ2n) is 5.28. The molecule has 2 rings (SSSR count). The van der Waals surface area contributed by atoms with Gasteiger partial charge in [-0.25, -0.2) is 8.78 Å². The Kier molecular flexibility index (Phi) is 7.19. The minimum atomic E-state index is -0.530. The molecule has 0 aliphatic carbocycles. The average Bonchev–Trinajstić information content (AvgIpc) is 2.49. The number of hydrogen-bond donors (Lipinski definition) is 1. The average molecular weight is 335 g/mol. The number of morpholine rings is 1. The van der Waals surface area contributed by atoms with Crippen LogP contribution in [0.2, 0.25) is 0 Å². The van der Waals surface area contributed by atoms with Crippen LogP contribution in [0.25, 0.3) is 0 Å². The summed E-state index contributed by atoms with van der Waals surface area (Å²) in [5.41, 5.74) is 0.179. The van der Waals surface area contributed by atoms with Gasteiger partial charge in [0.15, 0.2) is 0 Å². The number of nitrogens with one attached hydrogen (secondary N) is 1. The molecule has 4 nitrogen and oxygen atoms in total. The third-order valence-electron chi connectivity index (χ3n) is 3.80. The van der Waals surface area contributed by atoms with E-state index in [1.165, 1.54) is 4.90 Å². The number of carbonyl (C=O) groups is 1. The van der Waals surface area contributed by atoms with Gasteiger partial charge in [0.25, 0.3) is 0 Å². The molecule has 7 heteroatoms. The minimum Gasteiger partial charge on any atom is -0.378 e. The molecule has 124 valence electrons. The molecule has 0 bridgehead atoms. The van der Waals surface area contributed by atoms with Crippen molar-refractivity contribution in [3.05, 3.63) is 35.4 Å². The zero-order valence-electron chi connectivity index (χ0n) is 12.6. The first-order valence-electron chi connectivity index (χ1n) is 7.00. The molecule has 1 amide bonds. The van der Waals surface area contributed by atoms with E-state index in [1.807, 2.05) is 0 Å². The lowest BCUT2D eigenvalue weighted by atomic mass is 10.1. The van der Waals surface area contributed by atoms with E-state index in [1.54, 1.807) is 14.0 Å². The predicted molar refractivity (Wildman–Crippen MR) is 82.0 cm³/mol. The number of carbonyl (C=O) groups excluding carboxylic acids is 1. The van der Waals surface area contributed by atoms with Gasteiger partial charge in [0.2, 0.25) is 5.91 Å². The number of hydrogen-bond acceptors (Lipinski definition) is 3. The topological polar surface area (TPSA) is 41.6 Å². The second-order valence-corrected chi connectivity index (χ2v) is 5.28. The Hall–Kier alpha value is -1.24. The van der Waals surface area contributed by atoms with Gasteiger partial charge in [0.05, 0.1) is 19.3 Å². The van der Waals surface area contributed by atoms with E-state index >= 15 is 0 Å². The van der Waals surface area contributed by atoms with Gasteiger partial charge in [-0.05, 0) is 25.1 Å². The van der Waals surface area contributed by atoms with E-state index in [0.717, 1.165) is 24.7 Å². The van der Waals surface area contributed by atoms with Crippen molar-refractivity contribution in [1.82, 2.24) is 10.2 Å². The SMILES string of the molecule is CC(c1cc(F)ccc1F)N(C)C(=O)CC1COCCN1.Cl. The zero-order chi connectivity index (χ0) is 15.4. The molecule has 1 aliphatic rings. The van der Waals surface area contributed by atoms with Crippen molar-refractivity contribution >= 4 is 18.3 Å². The van der Waals surface area contributed by atoms with E-state index in [4.69, 9.17) is 4.74 Å². The van der Waals surface area contributed by atoms with Gasteiger partial charge in [0.1, 0.15) is 11.6 Å². The normalized spacial score (nSPS) is 19.2. The second kappa shape index (κ2) is 8.41. The fourth-order valence-electron chi connectivity index (χ4n) is 2.36. The van der Waals surface area contributed by atoms with E-state index in [-0.39, 0.29) is 36.3 Å². The van der Waals surface area contributed by atoms with Crippen molar-refractivity contribution in [3.63, 3.8) is 0 Å². The van der Waals surface area contributed by atoms with E-state index in [0.29, 0.717) is 13.2 Å². The molecule has 2 atom stereocenters. The lowest BCUT2D eigenvalue weighted by Gasteiger charge is -2.29. The third kappa shape index (κ3) is 4.63. The molecule has 1 aromatic rings. The van der Waals surface area contributed by atoms with Gasteiger partial charge in [-0.2, -0.15) is 0 Å². The van der Waals surface area contributed by atoms with Crippen LogP contribution in [0.4, 0.5) is 8.78 Å². The number of ether oxygens (including phenoxy) is 1. The van der Waals surface area contributed by atoms with Gasteiger partial charge < -0.3 is 15.0 Å².